The molecule has 0 fully saturated rings. The maximum atomic E-state index is 14.0. The number of hydrogen-bond donors (Lipinski definition) is 0. The lowest BCUT2D eigenvalue weighted by atomic mass is 10.0. The smallest absolute Gasteiger partial charge is 0.374 e. The molecule has 8 heteroatoms. The van der Waals surface area contributed by atoms with E-state index >= 15 is 0 Å². The molecule has 3 aromatic heterocycles. The van der Waals surface area contributed by atoms with Crippen LogP contribution in [0.4, 0.5) is 0 Å². The van der Waals surface area contributed by atoms with Gasteiger partial charge in [0.15, 0.2) is 5.16 Å². The summed E-state index contributed by atoms with van der Waals surface area (Å²) in [5.74, 6) is 0.666. The Labute approximate surface area is 210 Å². The van der Waals surface area contributed by atoms with Gasteiger partial charge in [0.05, 0.1) is 23.4 Å². The molecule has 0 atom stereocenters. The van der Waals surface area contributed by atoms with E-state index in [0.717, 1.165) is 21.7 Å². The standard InChI is InChI=1S/C27H22N2O4S2/c1-3-32-26(31)21-15-14-20(33-21)16-34-27-28-24-23(25(30)29(27)19-12-8-5-9-13-19)22(17(2)35-24)18-10-6-4-7-11-18/h4-15H,3,16H2,1-2H3. The summed E-state index contributed by atoms with van der Waals surface area (Å²) in [6.45, 7) is 4.05. The lowest BCUT2D eigenvalue weighted by Gasteiger charge is -2.12. The van der Waals surface area contributed by atoms with Gasteiger partial charge in [-0.2, -0.15) is 0 Å². The fourth-order valence-corrected chi connectivity index (χ4v) is 5.89. The number of fused-ring (bicyclic) bond motifs is 1. The molecule has 176 valence electrons. The molecule has 0 unspecified atom stereocenters. The van der Waals surface area contributed by atoms with E-state index in [4.69, 9.17) is 14.1 Å². The van der Waals surface area contributed by atoms with Crippen molar-refractivity contribution >= 4 is 39.3 Å². The molecule has 0 aliphatic rings. The highest BCUT2D eigenvalue weighted by molar-refractivity contribution is 7.98. The molecule has 6 nitrogen and oxygen atoms in total. The van der Waals surface area contributed by atoms with Crippen LogP contribution in [-0.4, -0.2) is 22.1 Å². The molecular formula is C27H22N2O4S2. The lowest BCUT2D eigenvalue weighted by Crippen LogP contribution is -2.21. The van der Waals surface area contributed by atoms with Crippen LogP contribution in [-0.2, 0) is 10.5 Å². The zero-order valence-electron chi connectivity index (χ0n) is 19.2. The van der Waals surface area contributed by atoms with Crippen molar-refractivity contribution in [1.29, 1.82) is 0 Å². The Kier molecular flexibility index (Phi) is 6.57. The Morgan fingerprint density at radius 2 is 1.77 bits per heavy atom. The Morgan fingerprint density at radius 3 is 2.49 bits per heavy atom. The number of aryl methyl sites for hydroxylation is 1. The number of para-hydroxylation sites is 1. The van der Waals surface area contributed by atoms with E-state index in [1.54, 1.807) is 23.6 Å². The van der Waals surface area contributed by atoms with Crippen molar-refractivity contribution in [3.05, 3.63) is 99.5 Å². The average Bonchev–Trinajstić information content (AvgIpc) is 3.48. The summed E-state index contributed by atoms with van der Waals surface area (Å²) >= 11 is 2.90. The number of hydrogen-bond acceptors (Lipinski definition) is 7. The highest BCUT2D eigenvalue weighted by atomic mass is 32.2. The van der Waals surface area contributed by atoms with Gasteiger partial charge < -0.3 is 9.15 Å². The molecule has 0 aliphatic heterocycles. The zero-order chi connectivity index (χ0) is 24.4. The second kappa shape index (κ2) is 9.93. The molecule has 0 bridgehead atoms. The molecule has 5 aromatic rings. The minimum Gasteiger partial charge on any atom is -0.460 e. The van der Waals surface area contributed by atoms with Crippen LogP contribution in [0.1, 0.15) is 28.1 Å². The van der Waals surface area contributed by atoms with Gasteiger partial charge in [-0.25, -0.2) is 9.78 Å². The average molecular weight is 503 g/mol. The van der Waals surface area contributed by atoms with Gasteiger partial charge in [-0.05, 0) is 43.7 Å². The molecule has 2 aromatic carbocycles. The number of carbonyl (C=O) groups is 1. The maximum absolute atomic E-state index is 14.0. The van der Waals surface area contributed by atoms with Gasteiger partial charge in [-0.15, -0.1) is 11.3 Å². The van der Waals surface area contributed by atoms with E-state index in [2.05, 4.69) is 0 Å². The Morgan fingerprint density at radius 1 is 1.06 bits per heavy atom. The van der Waals surface area contributed by atoms with Gasteiger partial charge in [-0.1, -0.05) is 60.3 Å². The Hall–Kier alpha value is -3.62. The molecule has 0 saturated heterocycles. The summed E-state index contributed by atoms with van der Waals surface area (Å²) in [5, 5.41) is 1.18. The van der Waals surface area contributed by atoms with Crippen LogP contribution in [0.2, 0.25) is 0 Å². The predicted octanol–water partition coefficient (Wildman–Crippen LogP) is 6.48. The topological polar surface area (TPSA) is 74.3 Å². The van der Waals surface area contributed by atoms with Crippen LogP contribution in [0.3, 0.4) is 0 Å². The number of furan rings is 1. The van der Waals surface area contributed by atoms with Gasteiger partial charge >= 0.3 is 5.97 Å². The molecular weight excluding hydrogens is 480 g/mol. The molecule has 0 saturated carbocycles. The summed E-state index contributed by atoms with van der Waals surface area (Å²) < 4.78 is 12.3. The monoisotopic (exact) mass is 502 g/mol. The first-order valence-electron chi connectivity index (χ1n) is 11.1. The summed E-state index contributed by atoms with van der Waals surface area (Å²) in [5.41, 5.74) is 2.55. The molecule has 0 radical (unpaired) electrons. The molecule has 35 heavy (non-hydrogen) atoms. The fourth-order valence-electron chi connectivity index (χ4n) is 3.90. The summed E-state index contributed by atoms with van der Waals surface area (Å²) in [4.78, 5) is 32.6. The highest BCUT2D eigenvalue weighted by Gasteiger charge is 2.21. The molecule has 0 aliphatic carbocycles. The number of rotatable bonds is 7. The largest absolute Gasteiger partial charge is 0.460 e. The normalized spacial score (nSPS) is 11.1. The van der Waals surface area contributed by atoms with Crippen LogP contribution < -0.4 is 5.56 Å². The van der Waals surface area contributed by atoms with Crippen LogP contribution in [0.5, 0.6) is 0 Å². The number of ether oxygens (including phenoxy) is 1. The summed E-state index contributed by atoms with van der Waals surface area (Å²) in [6, 6.07) is 22.8. The first-order valence-corrected chi connectivity index (χ1v) is 12.9. The van der Waals surface area contributed by atoms with Crippen molar-refractivity contribution in [2.24, 2.45) is 0 Å². The molecule has 0 N–H and O–H groups in total. The number of thioether (sulfide) groups is 1. The second-order valence-electron chi connectivity index (χ2n) is 7.73. The quantitative estimate of drug-likeness (QED) is 0.144. The third kappa shape index (κ3) is 4.54. The van der Waals surface area contributed by atoms with Gasteiger partial charge in [0.1, 0.15) is 10.6 Å². The van der Waals surface area contributed by atoms with E-state index in [9.17, 15) is 9.59 Å². The highest BCUT2D eigenvalue weighted by Crippen LogP contribution is 2.37. The van der Waals surface area contributed by atoms with E-state index in [1.165, 1.54) is 23.1 Å². The molecule has 0 amide bonds. The van der Waals surface area contributed by atoms with Crippen LogP contribution >= 0.6 is 23.1 Å². The second-order valence-corrected chi connectivity index (χ2v) is 9.87. The van der Waals surface area contributed by atoms with Crippen LogP contribution in [0, 0.1) is 6.92 Å². The van der Waals surface area contributed by atoms with E-state index in [1.807, 2.05) is 67.6 Å². The summed E-state index contributed by atoms with van der Waals surface area (Å²) in [6.07, 6.45) is 0. The van der Waals surface area contributed by atoms with E-state index in [0.29, 0.717) is 26.9 Å². The van der Waals surface area contributed by atoms with Crippen molar-refractivity contribution in [1.82, 2.24) is 9.55 Å². The Bertz CT molecular complexity index is 1550. The number of carbonyl (C=O) groups excluding carboxylic acids is 1. The molecule has 5 rings (SSSR count). The predicted molar refractivity (Wildman–Crippen MR) is 140 cm³/mol. The minimum absolute atomic E-state index is 0.112. The van der Waals surface area contributed by atoms with Gasteiger partial charge in [-0.3, -0.25) is 9.36 Å². The van der Waals surface area contributed by atoms with Crippen LogP contribution in [0.15, 0.2) is 87.2 Å². The SMILES string of the molecule is CCOC(=O)c1ccc(CSc2nc3sc(C)c(-c4ccccc4)c3c(=O)n2-c2ccccc2)o1. The van der Waals surface area contributed by atoms with Crippen molar-refractivity contribution in [3.8, 4) is 16.8 Å². The zero-order valence-corrected chi connectivity index (χ0v) is 20.8. The van der Waals surface area contributed by atoms with Crippen molar-refractivity contribution < 1.29 is 13.9 Å². The van der Waals surface area contributed by atoms with E-state index < -0.39 is 5.97 Å². The fraction of sp³-hybridized carbons (Fsp3) is 0.148. The number of aromatic nitrogens is 2. The Balaban J connectivity index is 1.60. The number of thiophene rings is 1. The van der Waals surface area contributed by atoms with E-state index in [-0.39, 0.29) is 17.9 Å². The third-order valence-corrected chi connectivity index (χ3v) is 7.39. The van der Waals surface area contributed by atoms with Gasteiger partial charge in [0, 0.05) is 10.4 Å². The number of nitrogens with zero attached hydrogens (tertiary/aromatic N) is 2. The van der Waals surface area contributed by atoms with Gasteiger partial charge in [0.25, 0.3) is 5.56 Å². The van der Waals surface area contributed by atoms with Gasteiger partial charge in [0.2, 0.25) is 5.76 Å². The van der Waals surface area contributed by atoms with Crippen molar-refractivity contribution in [3.63, 3.8) is 0 Å². The summed E-state index contributed by atoms with van der Waals surface area (Å²) in [7, 11) is 0. The van der Waals surface area contributed by atoms with Crippen molar-refractivity contribution in [2.75, 3.05) is 6.61 Å². The molecule has 0 spiro atoms. The molecule has 3 heterocycles. The lowest BCUT2D eigenvalue weighted by molar-refractivity contribution is 0.0488. The number of esters is 1. The van der Waals surface area contributed by atoms with Crippen molar-refractivity contribution in [2.45, 2.75) is 24.8 Å². The maximum Gasteiger partial charge on any atom is 0.374 e. The van der Waals surface area contributed by atoms with Crippen LogP contribution in [0.25, 0.3) is 27.0 Å². The first kappa shape index (κ1) is 23.1. The third-order valence-electron chi connectivity index (χ3n) is 5.43. The first-order chi connectivity index (χ1) is 17.1. The number of benzene rings is 2. The minimum atomic E-state index is -0.494.